The van der Waals surface area contributed by atoms with E-state index in [9.17, 15) is 22.4 Å². The number of benzene rings is 4. The molecule has 4 aromatic carbocycles. The molecular formula is C35H37ClFN3O6S. The van der Waals surface area contributed by atoms with Gasteiger partial charge in [0, 0.05) is 30.1 Å². The van der Waals surface area contributed by atoms with Gasteiger partial charge in [-0.3, -0.25) is 13.9 Å². The Morgan fingerprint density at radius 2 is 1.51 bits per heavy atom. The Bertz CT molecular complexity index is 1790. The van der Waals surface area contributed by atoms with E-state index >= 15 is 0 Å². The predicted molar refractivity (Wildman–Crippen MR) is 180 cm³/mol. The Labute approximate surface area is 279 Å². The molecule has 12 heteroatoms. The van der Waals surface area contributed by atoms with Gasteiger partial charge in [0.15, 0.2) is 11.5 Å². The van der Waals surface area contributed by atoms with Gasteiger partial charge in [0.2, 0.25) is 11.8 Å². The van der Waals surface area contributed by atoms with Gasteiger partial charge in [-0.15, -0.1) is 0 Å². The second-order valence-electron chi connectivity index (χ2n) is 11.0. The van der Waals surface area contributed by atoms with E-state index < -0.39 is 40.2 Å². The summed E-state index contributed by atoms with van der Waals surface area (Å²) in [7, 11) is -1.66. The van der Waals surface area contributed by atoms with Crippen LogP contribution < -0.4 is 19.1 Å². The molecule has 1 atom stereocenters. The minimum absolute atomic E-state index is 0.0449. The van der Waals surface area contributed by atoms with E-state index in [0.717, 1.165) is 22.0 Å². The van der Waals surface area contributed by atoms with Crippen molar-refractivity contribution >= 4 is 39.1 Å². The Morgan fingerprint density at radius 3 is 2.13 bits per heavy atom. The molecule has 9 nitrogen and oxygen atoms in total. The molecule has 0 aliphatic rings. The zero-order valence-electron chi connectivity index (χ0n) is 26.5. The minimum atomic E-state index is -4.45. The summed E-state index contributed by atoms with van der Waals surface area (Å²) in [4.78, 5) is 29.4. The number of carbonyl (C=O) groups is 2. The van der Waals surface area contributed by atoms with Crippen LogP contribution in [0.2, 0.25) is 5.02 Å². The Morgan fingerprint density at radius 1 is 0.851 bits per heavy atom. The number of anilines is 1. The molecule has 4 aromatic rings. The maximum Gasteiger partial charge on any atom is 0.264 e. The molecule has 4 rings (SSSR count). The Kier molecular flexibility index (Phi) is 11.8. The third-order valence-corrected chi connectivity index (χ3v) is 9.29. The molecule has 0 fully saturated rings. The number of methoxy groups -OCH3 is 2. The topological polar surface area (TPSA) is 105 Å². The van der Waals surface area contributed by atoms with Gasteiger partial charge in [-0.05, 0) is 73.5 Å². The number of sulfonamides is 1. The summed E-state index contributed by atoms with van der Waals surface area (Å²) in [6.45, 7) is 2.87. The first-order chi connectivity index (χ1) is 22.4. The molecule has 0 spiro atoms. The van der Waals surface area contributed by atoms with Gasteiger partial charge in [0.25, 0.3) is 10.0 Å². The van der Waals surface area contributed by atoms with Crippen LogP contribution in [0.1, 0.15) is 25.0 Å². The second kappa shape index (κ2) is 15.8. The highest BCUT2D eigenvalue weighted by Crippen LogP contribution is 2.32. The summed E-state index contributed by atoms with van der Waals surface area (Å²) in [5.74, 6) is -1.19. The van der Waals surface area contributed by atoms with Gasteiger partial charge in [-0.2, -0.15) is 0 Å². The van der Waals surface area contributed by atoms with Crippen LogP contribution >= 0.6 is 11.6 Å². The Balaban J connectivity index is 1.83. The highest BCUT2D eigenvalue weighted by atomic mass is 35.5. The summed E-state index contributed by atoms with van der Waals surface area (Å²) < 4.78 is 54.0. The van der Waals surface area contributed by atoms with E-state index in [4.69, 9.17) is 21.1 Å². The molecular weight excluding hydrogens is 645 g/mol. The van der Waals surface area contributed by atoms with Crippen LogP contribution in [0, 0.1) is 5.82 Å². The molecule has 47 heavy (non-hydrogen) atoms. The SMILES string of the molecule is COc1ccc(S(=O)(=O)N(CC(=O)N(Cc2cccc(Cl)c2)[C@@H](Cc2ccccc2)C(=O)NC(C)C)c2ccc(F)cc2)cc1OC. The van der Waals surface area contributed by atoms with E-state index in [1.165, 1.54) is 49.5 Å². The fourth-order valence-electron chi connectivity index (χ4n) is 5.01. The molecule has 0 saturated heterocycles. The molecule has 0 unspecified atom stereocenters. The molecule has 0 bridgehead atoms. The lowest BCUT2D eigenvalue weighted by atomic mass is 10.0. The monoisotopic (exact) mass is 681 g/mol. The predicted octanol–water partition coefficient (Wildman–Crippen LogP) is 5.86. The fourth-order valence-corrected chi connectivity index (χ4v) is 6.65. The van der Waals surface area contributed by atoms with Crippen molar-refractivity contribution < 1.29 is 31.9 Å². The summed E-state index contributed by atoms with van der Waals surface area (Å²) in [5, 5.41) is 3.34. The van der Waals surface area contributed by atoms with Crippen molar-refractivity contribution in [3.8, 4) is 11.5 Å². The van der Waals surface area contributed by atoms with Crippen LogP contribution in [0.25, 0.3) is 0 Å². The average Bonchev–Trinajstić information content (AvgIpc) is 3.05. The van der Waals surface area contributed by atoms with Gasteiger partial charge < -0.3 is 19.7 Å². The highest BCUT2D eigenvalue weighted by molar-refractivity contribution is 7.92. The maximum absolute atomic E-state index is 14.5. The molecule has 0 radical (unpaired) electrons. The van der Waals surface area contributed by atoms with Crippen molar-refractivity contribution in [1.82, 2.24) is 10.2 Å². The highest BCUT2D eigenvalue weighted by Gasteiger charge is 2.35. The van der Waals surface area contributed by atoms with Crippen molar-refractivity contribution in [2.24, 2.45) is 0 Å². The van der Waals surface area contributed by atoms with Crippen LogP contribution in [0.4, 0.5) is 10.1 Å². The van der Waals surface area contributed by atoms with Crippen molar-refractivity contribution in [3.63, 3.8) is 0 Å². The molecule has 0 aliphatic carbocycles. The lowest BCUT2D eigenvalue weighted by Gasteiger charge is -2.34. The van der Waals surface area contributed by atoms with Crippen molar-refractivity contribution in [3.05, 3.63) is 119 Å². The van der Waals surface area contributed by atoms with Crippen LogP contribution in [-0.2, 0) is 32.6 Å². The fraction of sp³-hybridized carbons (Fsp3) is 0.257. The third kappa shape index (κ3) is 9.02. The first-order valence-electron chi connectivity index (χ1n) is 14.8. The number of ether oxygens (including phenoxy) is 2. The molecule has 2 amide bonds. The molecule has 248 valence electrons. The van der Waals surface area contributed by atoms with Gasteiger partial charge in [0.05, 0.1) is 24.8 Å². The van der Waals surface area contributed by atoms with Crippen molar-refractivity contribution in [1.29, 1.82) is 0 Å². The van der Waals surface area contributed by atoms with Crippen LogP contribution in [0.15, 0.2) is 102 Å². The average molecular weight is 682 g/mol. The first-order valence-corrected chi connectivity index (χ1v) is 16.6. The zero-order chi connectivity index (χ0) is 34.1. The zero-order valence-corrected chi connectivity index (χ0v) is 28.1. The second-order valence-corrected chi connectivity index (χ2v) is 13.3. The number of hydrogen-bond donors (Lipinski definition) is 1. The largest absolute Gasteiger partial charge is 0.493 e. The quantitative estimate of drug-likeness (QED) is 0.179. The number of amides is 2. The Hall–Kier alpha value is -4.61. The number of carbonyl (C=O) groups excluding carboxylic acids is 2. The van der Waals surface area contributed by atoms with Crippen molar-refractivity contribution in [2.45, 2.75) is 43.8 Å². The summed E-state index contributed by atoms with van der Waals surface area (Å²) >= 11 is 6.28. The molecule has 0 heterocycles. The van der Waals surface area contributed by atoms with E-state index in [1.807, 2.05) is 44.2 Å². The third-order valence-electron chi connectivity index (χ3n) is 7.28. The van der Waals surface area contributed by atoms with Gasteiger partial charge >= 0.3 is 0 Å². The lowest BCUT2D eigenvalue weighted by molar-refractivity contribution is -0.140. The van der Waals surface area contributed by atoms with E-state index in [2.05, 4.69) is 5.32 Å². The lowest BCUT2D eigenvalue weighted by Crippen LogP contribution is -2.54. The van der Waals surface area contributed by atoms with Gasteiger partial charge in [0.1, 0.15) is 18.4 Å². The number of rotatable bonds is 14. The van der Waals surface area contributed by atoms with E-state index in [1.54, 1.807) is 24.3 Å². The molecule has 0 saturated carbocycles. The molecule has 1 N–H and O–H groups in total. The standard InChI is InChI=1S/C35H37ClFN3O6S/c1-24(2)38-35(42)31(20-25-9-6-5-7-10-25)39(22-26-11-8-12-27(36)19-26)34(41)23-40(29-15-13-28(37)14-16-29)47(43,44)30-17-18-32(45-3)33(21-30)46-4/h5-19,21,24,31H,20,22-23H2,1-4H3,(H,38,42)/t31-/m0/s1. The minimum Gasteiger partial charge on any atom is -0.493 e. The van der Waals surface area contributed by atoms with Gasteiger partial charge in [-0.1, -0.05) is 54.1 Å². The number of halogens is 2. The summed E-state index contributed by atoms with van der Waals surface area (Å²) in [6, 6.07) is 23.6. The molecule has 0 aromatic heterocycles. The first kappa shape index (κ1) is 35.2. The van der Waals surface area contributed by atoms with Crippen molar-refractivity contribution in [2.75, 3.05) is 25.1 Å². The van der Waals surface area contributed by atoms with Crippen LogP contribution in [0.3, 0.4) is 0 Å². The maximum atomic E-state index is 14.5. The normalized spacial score (nSPS) is 11.9. The van der Waals surface area contributed by atoms with E-state index in [-0.39, 0.29) is 35.3 Å². The van der Waals surface area contributed by atoms with Crippen LogP contribution in [0.5, 0.6) is 11.5 Å². The summed E-state index contributed by atoms with van der Waals surface area (Å²) in [5.41, 5.74) is 1.48. The smallest absolute Gasteiger partial charge is 0.264 e. The number of nitrogens with one attached hydrogen (secondary N) is 1. The van der Waals surface area contributed by atoms with Gasteiger partial charge in [-0.25, -0.2) is 12.8 Å². The molecule has 0 aliphatic heterocycles. The number of hydrogen-bond acceptors (Lipinski definition) is 6. The summed E-state index contributed by atoms with van der Waals surface area (Å²) in [6.07, 6.45) is 0.157. The number of nitrogens with zero attached hydrogens (tertiary/aromatic N) is 2. The van der Waals surface area contributed by atoms with Crippen LogP contribution in [-0.4, -0.2) is 58.0 Å². The van der Waals surface area contributed by atoms with E-state index in [0.29, 0.717) is 16.3 Å².